The van der Waals surface area contributed by atoms with Crippen molar-refractivity contribution < 1.29 is 0 Å². The lowest BCUT2D eigenvalue weighted by atomic mass is 10.1. The molecule has 1 aromatic rings. The molecule has 0 spiro atoms. The van der Waals surface area contributed by atoms with E-state index in [2.05, 4.69) is 29.9 Å². The van der Waals surface area contributed by atoms with E-state index < -0.39 is 0 Å². The van der Waals surface area contributed by atoms with Crippen LogP contribution in [0, 0.1) is 11.8 Å². The monoisotopic (exact) mass is 261 g/mol. The maximum Gasteiger partial charge on any atom is 0.0624 e. The van der Waals surface area contributed by atoms with Gasteiger partial charge in [0.15, 0.2) is 0 Å². The molecule has 0 amide bonds. The van der Waals surface area contributed by atoms with Crippen LogP contribution in [0.25, 0.3) is 0 Å². The Bertz CT molecular complexity index is 404. The van der Waals surface area contributed by atoms with Crippen LogP contribution < -0.4 is 5.32 Å². The molecule has 1 heterocycles. The molecule has 3 heteroatoms. The summed E-state index contributed by atoms with van der Waals surface area (Å²) in [6.07, 6.45) is 7.94. The van der Waals surface area contributed by atoms with Crippen molar-refractivity contribution in [2.24, 2.45) is 11.8 Å². The first-order chi connectivity index (χ1) is 9.31. The van der Waals surface area contributed by atoms with E-state index in [-0.39, 0.29) is 0 Å². The third-order valence-electron chi connectivity index (χ3n) is 4.60. The van der Waals surface area contributed by atoms with Gasteiger partial charge in [-0.2, -0.15) is 5.10 Å². The Kier molecular flexibility index (Phi) is 3.92. The van der Waals surface area contributed by atoms with Crippen molar-refractivity contribution in [1.82, 2.24) is 15.1 Å². The van der Waals surface area contributed by atoms with E-state index in [0.717, 1.165) is 43.8 Å². The molecule has 2 aliphatic carbocycles. The largest absolute Gasteiger partial charge is 0.312 e. The summed E-state index contributed by atoms with van der Waals surface area (Å²) >= 11 is 0. The summed E-state index contributed by atoms with van der Waals surface area (Å²) in [7, 11) is 0. The third kappa shape index (κ3) is 3.19. The second kappa shape index (κ2) is 5.66. The van der Waals surface area contributed by atoms with Gasteiger partial charge in [0, 0.05) is 18.3 Å². The maximum atomic E-state index is 4.69. The lowest BCUT2D eigenvalue weighted by Gasteiger charge is -2.18. The maximum absolute atomic E-state index is 4.69. The quantitative estimate of drug-likeness (QED) is 0.780. The molecular weight excluding hydrogens is 234 g/mol. The third-order valence-corrected chi connectivity index (χ3v) is 4.60. The molecule has 2 fully saturated rings. The number of aromatic nitrogens is 2. The molecular formula is C16H27N3. The van der Waals surface area contributed by atoms with Crippen LogP contribution >= 0.6 is 0 Å². The highest BCUT2D eigenvalue weighted by Gasteiger charge is 2.40. The number of nitrogens with one attached hydrogen (secondary N) is 1. The van der Waals surface area contributed by atoms with Gasteiger partial charge in [-0.25, -0.2) is 0 Å². The minimum absolute atomic E-state index is 0.811. The van der Waals surface area contributed by atoms with E-state index in [4.69, 9.17) is 5.10 Å². The molecule has 19 heavy (non-hydrogen) atoms. The van der Waals surface area contributed by atoms with E-state index in [0.29, 0.717) is 0 Å². The fourth-order valence-electron chi connectivity index (χ4n) is 3.13. The van der Waals surface area contributed by atoms with Crippen molar-refractivity contribution in [3.8, 4) is 0 Å². The van der Waals surface area contributed by atoms with E-state index in [1.807, 2.05) is 0 Å². The summed E-state index contributed by atoms with van der Waals surface area (Å²) in [6.45, 7) is 6.51. The second-order valence-electron chi connectivity index (χ2n) is 6.21. The SMILES string of the molecule is CCc1cc(CC)n(CCNC(C2CC2)C2CC2)n1. The van der Waals surface area contributed by atoms with Gasteiger partial charge in [-0.1, -0.05) is 13.8 Å². The highest BCUT2D eigenvalue weighted by molar-refractivity contribution is 5.10. The Labute approximate surface area is 116 Å². The molecule has 2 aliphatic rings. The van der Waals surface area contributed by atoms with Gasteiger partial charge in [-0.05, 0) is 56.4 Å². The molecule has 0 saturated heterocycles. The van der Waals surface area contributed by atoms with Crippen LogP contribution in [0.5, 0.6) is 0 Å². The van der Waals surface area contributed by atoms with Crippen molar-refractivity contribution in [3.05, 3.63) is 17.5 Å². The molecule has 0 bridgehead atoms. The first-order valence-electron chi connectivity index (χ1n) is 8.10. The normalized spacial score (nSPS) is 19.3. The van der Waals surface area contributed by atoms with Gasteiger partial charge in [-0.15, -0.1) is 0 Å². The molecule has 3 rings (SSSR count). The number of aryl methyl sites for hydroxylation is 2. The highest BCUT2D eigenvalue weighted by atomic mass is 15.3. The van der Waals surface area contributed by atoms with Gasteiger partial charge in [0.1, 0.15) is 0 Å². The molecule has 1 aromatic heterocycles. The Morgan fingerprint density at radius 1 is 1.21 bits per heavy atom. The van der Waals surface area contributed by atoms with Crippen LogP contribution in [0.2, 0.25) is 0 Å². The minimum atomic E-state index is 0.811. The first kappa shape index (κ1) is 13.2. The average Bonchev–Trinajstić information content (AvgIpc) is 3.33. The van der Waals surface area contributed by atoms with Crippen molar-refractivity contribution in [1.29, 1.82) is 0 Å². The summed E-state index contributed by atoms with van der Waals surface area (Å²) in [6, 6.07) is 3.07. The van der Waals surface area contributed by atoms with Gasteiger partial charge in [0.25, 0.3) is 0 Å². The summed E-state index contributed by atoms with van der Waals surface area (Å²) < 4.78 is 2.21. The van der Waals surface area contributed by atoms with Crippen LogP contribution in [0.3, 0.4) is 0 Å². The van der Waals surface area contributed by atoms with Crippen molar-refractivity contribution in [2.75, 3.05) is 6.54 Å². The summed E-state index contributed by atoms with van der Waals surface area (Å²) in [4.78, 5) is 0. The Morgan fingerprint density at radius 2 is 1.89 bits per heavy atom. The van der Waals surface area contributed by atoms with Crippen LogP contribution in [-0.2, 0) is 19.4 Å². The van der Waals surface area contributed by atoms with Crippen LogP contribution in [0.4, 0.5) is 0 Å². The molecule has 0 unspecified atom stereocenters. The zero-order valence-corrected chi connectivity index (χ0v) is 12.4. The Balaban J connectivity index is 1.52. The average molecular weight is 261 g/mol. The second-order valence-corrected chi connectivity index (χ2v) is 6.21. The molecule has 1 N–H and O–H groups in total. The fourth-order valence-corrected chi connectivity index (χ4v) is 3.13. The van der Waals surface area contributed by atoms with Gasteiger partial charge in [-0.3, -0.25) is 4.68 Å². The predicted octanol–water partition coefficient (Wildman–Crippen LogP) is 2.79. The molecule has 0 radical (unpaired) electrons. The summed E-state index contributed by atoms with van der Waals surface area (Å²) in [5, 5.41) is 8.50. The summed E-state index contributed by atoms with van der Waals surface area (Å²) in [5.74, 6) is 1.98. The van der Waals surface area contributed by atoms with E-state index >= 15 is 0 Å². The molecule has 0 aliphatic heterocycles. The van der Waals surface area contributed by atoms with Crippen LogP contribution in [-0.4, -0.2) is 22.4 Å². The lowest BCUT2D eigenvalue weighted by molar-refractivity contribution is 0.398. The molecule has 0 atom stereocenters. The van der Waals surface area contributed by atoms with E-state index in [1.54, 1.807) is 0 Å². The highest BCUT2D eigenvalue weighted by Crippen LogP contribution is 2.44. The topological polar surface area (TPSA) is 29.9 Å². The van der Waals surface area contributed by atoms with Gasteiger partial charge < -0.3 is 5.32 Å². The number of rotatable bonds is 8. The van der Waals surface area contributed by atoms with Crippen LogP contribution in [0.15, 0.2) is 6.07 Å². The van der Waals surface area contributed by atoms with Gasteiger partial charge in [0.2, 0.25) is 0 Å². The summed E-state index contributed by atoms with van der Waals surface area (Å²) in [5.41, 5.74) is 2.62. The van der Waals surface area contributed by atoms with E-state index in [1.165, 1.54) is 37.1 Å². The van der Waals surface area contributed by atoms with Crippen molar-refractivity contribution in [2.45, 2.75) is 65.0 Å². The molecule has 106 valence electrons. The number of hydrogen-bond acceptors (Lipinski definition) is 2. The first-order valence-corrected chi connectivity index (χ1v) is 8.10. The number of hydrogen-bond donors (Lipinski definition) is 1. The van der Waals surface area contributed by atoms with Crippen molar-refractivity contribution in [3.63, 3.8) is 0 Å². The lowest BCUT2D eigenvalue weighted by Crippen LogP contribution is -2.35. The predicted molar refractivity (Wildman–Crippen MR) is 78.2 cm³/mol. The van der Waals surface area contributed by atoms with Gasteiger partial charge >= 0.3 is 0 Å². The Hall–Kier alpha value is -0.830. The smallest absolute Gasteiger partial charge is 0.0624 e. The number of nitrogens with zero attached hydrogens (tertiary/aromatic N) is 2. The standard InChI is InChI=1S/C16H27N3/c1-3-14-11-15(4-2)19(18-14)10-9-17-16(12-5-6-12)13-7-8-13/h11-13,16-17H,3-10H2,1-2H3. The fraction of sp³-hybridized carbons (Fsp3) is 0.812. The zero-order chi connectivity index (χ0) is 13.2. The molecule has 2 saturated carbocycles. The van der Waals surface area contributed by atoms with Crippen LogP contribution in [0.1, 0.15) is 50.9 Å². The minimum Gasteiger partial charge on any atom is -0.312 e. The van der Waals surface area contributed by atoms with Gasteiger partial charge in [0.05, 0.1) is 12.2 Å². The van der Waals surface area contributed by atoms with Crippen molar-refractivity contribution >= 4 is 0 Å². The Morgan fingerprint density at radius 3 is 2.42 bits per heavy atom. The molecule has 3 nitrogen and oxygen atoms in total. The zero-order valence-electron chi connectivity index (χ0n) is 12.4. The molecule has 0 aromatic carbocycles. The van der Waals surface area contributed by atoms with E-state index in [9.17, 15) is 0 Å².